The van der Waals surface area contributed by atoms with E-state index < -0.39 is 0 Å². The minimum Gasteiger partial charge on any atom is -0.325 e. The topological polar surface area (TPSA) is 38.9 Å². The second-order valence-electron chi connectivity index (χ2n) is 1.79. The maximum absolute atomic E-state index is 5.67. The fourth-order valence-corrected chi connectivity index (χ4v) is 0.843. The van der Waals surface area contributed by atoms with E-state index in [4.69, 9.17) is 28.9 Å². The van der Waals surface area contributed by atoms with Crippen molar-refractivity contribution in [2.75, 3.05) is 0 Å². The second kappa shape index (κ2) is 6.75. The molecule has 70 valence electrons. The number of aromatic nitrogens is 1. The zero-order chi connectivity index (χ0) is 7.56. The van der Waals surface area contributed by atoms with Gasteiger partial charge in [-0.15, -0.1) is 24.8 Å². The van der Waals surface area contributed by atoms with E-state index in [0.29, 0.717) is 16.6 Å². The van der Waals surface area contributed by atoms with Crippen molar-refractivity contribution in [2.45, 2.75) is 6.54 Å². The Balaban J connectivity index is 0. The van der Waals surface area contributed by atoms with Crippen molar-refractivity contribution < 1.29 is 0 Å². The van der Waals surface area contributed by atoms with Crippen molar-refractivity contribution in [3.8, 4) is 0 Å². The Labute approximate surface area is 93.3 Å². The van der Waals surface area contributed by atoms with Gasteiger partial charge in [0.05, 0.1) is 15.7 Å². The molecule has 6 heteroatoms. The Morgan fingerprint density at radius 3 is 2.25 bits per heavy atom. The first-order chi connectivity index (χ1) is 4.74. The number of nitrogens with zero attached hydrogens (tertiary/aromatic N) is 1. The molecular formula is C6H8Cl4N2. The Hall–Kier alpha value is 0.270. The molecule has 2 nitrogen and oxygen atoms in total. The normalized spacial score (nSPS) is 8.25. The van der Waals surface area contributed by atoms with Crippen molar-refractivity contribution in [3.63, 3.8) is 0 Å². The number of pyridine rings is 1. The zero-order valence-corrected chi connectivity index (χ0v) is 9.10. The van der Waals surface area contributed by atoms with E-state index >= 15 is 0 Å². The van der Waals surface area contributed by atoms with Crippen molar-refractivity contribution in [3.05, 3.63) is 28.0 Å². The lowest BCUT2D eigenvalue weighted by Crippen LogP contribution is -1.98. The molecule has 1 aromatic rings. The highest BCUT2D eigenvalue weighted by atomic mass is 35.5. The van der Waals surface area contributed by atoms with Crippen LogP contribution in [-0.4, -0.2) is 4.98 Å². The average molecular weight is 250 g/mol. The van der Waals surface area contributed by atoms with E-state index in [1.165, 1.54) is 6.20 Å². The summed E-state index contributed by atoms with van der Waals surface area (Å²) < 4.78 is 0. The van der Waals surface area contributed by atoms with E-state index in [0.717, 1.165) is 5.69 Å². The molecule has 0 aliphatic heterocycles. The molecule has 0 aliphatic carbocycles. The van der Waals surface area contributed by atoms with Crippen LogP contribution in [0.3, 0.4) is 0 Å². The lowest BCUT2D eigenvalue weighted by atomic mass is 10.3. The smallest absolute Gasteiger partial charge is 0.0775 e. The predicted molar refractivity (Wildman–Crippen MR) is 56.6 cm³/mol. The van der Waals surface area contributed by atoms with Crippen LogP contribution in [0.5, 0.6) is 0 Å². The van der Waals surface area contributed by atoms with E-state index in [1.54, 1.807) is 6.07 Å². The van der Waals surface area contributed by atoms with Crippen molar-refractivity contribution in [2.24, 2.45) is 5.73 Å². The highest BCUT2D eigenvalue weighted by Crippen LogP contribution is 2.20. The molecule has 0 aliphatic rings. The summed E-state index contributed by atoms with van der Waals surface area (Å²) in [5.74, 6) is 0. The van der Waals surface area contributed by atoms with Crippen LogP contribution in [-0.2, 0) is 6.54 Å². The van der Waals surface area contributed by atoms with Crippen LogP contribution >= 0.6 is 48.0 Å². The zero-order valence-electron chi connectivity index (χ0n) is 5.96. The standard InChI is InChI=1S/C6H6Cl2N2.2ClH/c7-5-1-4(2-9)10-3-6(5)8;;/h1,3H,2,9H2;2*1H. The van der Waals surface area contributed by atoms with Crippen LogP contribution in [0, 0.1) is 0 Å². The van der Waals surface area contributed by atoms with Crippen molar-refractivity contribution >= 4 is 48.0 Å². The summed E-state index contributed by atoms with van der Waals surface area (Å²) in [5.41, 5.74) is 6.05. The number of rotatable bonds is 1. The van der Waals surface area contributed by atoms with Gasteiger partial charge in [-0.25, -0.2) is 0 Å². The van der Waals surface area contributed by atoms with Gasteiger partial charge in [-0.1, -0.05) is 23.2 Å². The van der Waals surface area contributed by atoms with Gasteiger partial charge in [0.2, 0.25) is 0 Å². The molecule has 12 heavy (non-hydrogen) atoms. The molecule has 0 saturated carbocycles. The van der Waals surface area contributed by atoms with E-state index in [1.807, 2.05) is 0 Å². The summed E-state index contributed by atoms with van der Waals surface area (Å²) in [5, 5.41) is 0.955. The molecule has 0 amide bonds. The fraction of sp³-hybridized carbons (Fsp3) is 0.167. The molecule has 0 bridgehead atoms. The van der Waals surface area contributed by atoms with Crippen LogP contribution in [0.1, 0.15) is 5.69 Å². The lowest BCUT2D eigenvalue weighted by Gasteiger charge is -1.96. The van der Waals surface area contributed by atoms with Gasteiger partial charge in [0, 0.05) is 12.7 Å². The predicted octanol–water partition coefficient (Wildman–Crippen LogP) is 2.69. The Bertz CT molecular complexity index is 241. The third kappa shape index (κ3) is 3.78. The summed E-state index contributed by atoms with van der Waals surface area (Å²) in [4.78, 5) is 3.92. The summed E-state index contributed by atoms with van der Waals surface area (Å²) in [6.07, 6.45) is 1.49. The van der Waals surface area contributed by atoms with Crippen molar-refractivity contribution in [1.29, 1.82) is 0 Å². The summed E-state index contributed by atoms with van der Waals surface area (Å²) in [7, 11) is 0. The van der Waals surface area contributed by atoms with Gasteiger partial charge in [-0.3, -0.25) is 4.98 Å². The molecule has 0 fully saturated rings. The number of nitrogens with two attached hydrogens (primary N) is 1. The van der Waals surface area contributed by atoms with Crippen LogP contribution < -0.4 is 5.73 Å². The number of halogens is 4. The summed E-state index contributed by atoms with van der Waals surface area (Å²) >= 11 is 11.3. The minimum atomic E-state index is 0. The molecule has 0 unspecified atom stereocenters. The first kappa shape index (κ1) is 14.8. The highest BCUT2D eigenvalue weighted by molar-refractivity contribution is 6.41. The van der Waals surface area contributed by atoms with Gasteiger partial charge in [-0.05, 0) is 6.07 Å². The molecule has 1 rings (SSSR count). The van der Waals surface area contributed by atoms with Crippen LogP contribution in [0.25, 0.3) is 0 Å². The van der Waals surface area contributed by atoms with Gasteiger partial charge in [0.25, 0.3) is 0 Å². The van der Waals surface area contributed by atoms with Gasteiger partial charge in [0.15, 0.2) is 0 Å². The first-order valence-corrected chi connectivity index (χ1v) is 3.49. The fourth-order valence-electron chi connectivity index (χ4n) is 0.565. The average Bonchev–Trinajstić information content (AvgIpc) is 1.95. The largest absolute Gasteiger partial charge is 0.325 e. The molecule has 2 N–H and O–H groups in total. The summed E-state index contributed by atoms with van der Waals surface area (Å²) in [6.45, 7) is 0.386. The second-order valence-corrected chi connectivity index (χ2v) is 2.61. The van der Waals surface area contributed by atoms with E-state index in [2.05, 4.69) is 4.98 Å². The highest BCUT2D eigenvalue weighted by Gasteiger charge is 1.97. The first-order valence-electron chi connectivity index (χ1n) is 2.74. The number of hydrogen-bond acceptors (Lipinski definition) is 2. The Morgan fingerprint density at radius 2 is 1.83 bits per heavy atom. The minimum absolute atomic E-state index is 0. The molecular weight excluding hydrogens is 242 g/mol. The molecule has 0 atom stereocenters. The molecule has 1 aromatic heterocycles. The molecule has 0 spiro atoms. The summed E-state index contributed by atoms with van der Waals surface area (Å²) in [6, 6.07) is 1.66. The van der Waals surface area contributed by atoms with Gasteiger partial charge in [-0.2, -0.15) is 0 Å². The lowest BCUT2D eigenvalue weighted by molar-refractivity contribution is 0.991. The molecule has 0 aromatic carbocycles. The van der Waals surface area contributed by atoms with Crippen LogP contribution in [0.4, 0.5) is 0 Å². The maximum atomic E-state index is 5.67. The van der Waals surface area contributed by atoms with Gasteiger partial charge < -0.3 is 5.73 Å². The van der Waals surface area contributed by atoms with Crippen LogP contribution in [0.15, 0.2) is 12.3 Å². The quantitative estimate of drug-likeness (QED) is 0.832. The third-order valence-corrected chi connectivity index (χ3v) is 1.78. The van der Waals surface area contributed by atoms with Crippen molar-refractivity contribution in [1.82, 2.24) is 4.98 Å². The molecule has 0 saturated heterocycles. The molecule has 1 heterocycles. The third-order valence-electron chi connectivity index (χ3n) is 1.07. The van der Waals surface area contributed by atoms with Crippen LogP contribution in [0.2, 0.25) is 10.0 Å². The SMILES string of the molecule is Cl.Cl.NCc1cc(Cl)c(Cl)cn1. The van der Waals surface area contributed by atoms with Gasteiger partial charge in [0.1, 0.15) is 0 Å². The maximum Gasteiger partial charge on any atom is 0.0775 e. The van der Waals surface area contributed by atoms with Gasteiger partial charge >= 0.3 is 0 Å². The monoisotopic (exact) mass is 248 g/mol. The number of hydrogen-bond donors (Lipinski definition) is 1. The van der Waals surface area contributed by atoms with E-state index in [-0.39, 0.29) is 24.8 Å². The Kier molecular flexibility index (Phi) is 8.31. The molecule has 0 radical (unpaired) electrons. The van der Waals surface area contributed by atoms with E-state index in [9.17, 15) is 0 Å². The Morgan fingerprint density at radius 1 is 1.25 bits per heavy atom.